The van der Waals surface area contributed by atoms with Gasteiger partial charge in [0, 0.05) is 25.3 Å². The lowest BCUT2D eigenvalue weighted by atomic mass is 10.1. The Balaban J connectivity index is 1.45. The maximum absolute atomic E-state index is 13.8. The molecule has 1 saturated heterocycles. The first kappa shape index (κ1) is 21.2. The zero-order valence-corrected chi connectivity index (χ0v) is 18.7. The topological polar surface area (TPSA) is 97.5 Å². The van der Waals surface area contributed by atoms with Crippen molar-refractivity contribution in [3.63, 3.8) is 0 Å². The summed E-state index contributed by atoms with van der Waals surface area (Å²) < 4.78 is 22.6. The van der Waals surface area contributed by atoms with Gasteiger partial charge in [0.25, 0.3) is 0 Å². The van der Waals surface area contributed by atoms with Crippen molar-refractivity contribution in [3.05, 3.63) is 53.0 Å². The highest BCUT2D eigenvalue weighted by Crippen LogP contribution is 2.27. The lowest BCUT2D eigenvalue weighted by molar-refractivity contribution is 0.0189. The van der Waals surface area contributed by atoms with Crippen LogP contribution in [0.15, 0.2) is 41.5 Å². The summed E-state index contributed by atoms with van der Waals surface area (Å²) in [5.41, 5.74) is 2.18. The van der Waals surface area contributed by atoms with Gasteiger partial charge >= 0.3 is 11.8 Å². The summed E-state index contributed by atoms with van der Waals surface area (Å²) in [6.07, 6.45) is 3.88. The molecule has 1 N–H and O–H groups in total. The van der Waals surface area contributed by atoms with E-state index in [1.54, 1.807) is 38.3 Å². The molecule has 0 aromatic carbocycles. The molecule has 0 spiro atoms. The van der Waals surface area contributed by atoms with Gasteiger partial charge in [0.2, 0.25) is 0 Å². The molecular formula is C23H25FN6O3. The minimum absolute atomic E-state index is 0.104. The first-order valence-corrected chi connectivity index (χ1v) is 10.9. The van der Waals surface area contributed by atoms with Gasteiger partial charge in [-0.2, -0.15) is 0 Å². The normalized spacial score (nSPS) is 15.5. The van der Waals surface area contributed by atoms with E-state index in [0.717, 1.165) is 0 Å². The third-order valence-electron chi connectivity index (χ3n) is 5.78. The van der Waals surface area contributed by atoms with Crippen molar-refractivity contribution in [2.45, 2.75) is 45.3 Å². The zero-order valence-electron chi connectivity index (χ0n) is 18.7. The van der Waals surface area contributed by atoms with E-state index in [1.165, 1.54) is 12.3 Å². The van der Waals surface area contributed by atoms with E-state index in [1.807, 2.05) is 20.8 Å². The molecular weight excluding hydrogens is 427 g/mol. The second-order valence-corrected chi connectivity index (χ2v) is 9.29. The summed E-state index contributed by atoms with van der Waals surface area (Å²) in [6, 6.07) is 6.43. The molecule has 5 rings (SSSR count). The maximum atomic E-state index is 13.8. The van der Waals surface area contributed by atoms with Gasteiger partial charge in [-0.1, -0.05) is 0 Å². The van der Waals surface area contributed by atoms with Crippen LogP contribution in [0.25, 0.3) is 28.2 Å². The van der Waals surface area contributed by atoms with E-state index < -0.39 is 5.60 Å². The van der Waals surface area contributed by atoms with Crippen LogP contribution in [0.5, 0.6) is 0 Å². The number of imidazole rings is 2. The fourth-order valence-electron chi connectivity index (χ4n) is 4.26. The van der Waals surface area contributed by atoms with Gasteiger partial charge in [0.1, 0.15) is 17.1 Å². The number of H-pyrrole nitrogens is 1. The minimum Gasteiger partial charge on any atom is -0.444 e. The Morgan fingerprint density at radius 3 is 2.67 bits per heavy atom. The van der Waals surface area contributed by atoms with Crippen molar-refractivity contribution < 1.29 is 13.9 Å². The fourth-order valence-corrected chi connectivity index (χ4v) is 4.26. The smallest absolute Gasteiger partial charge is 0.410 e. The summed E-state index contributed by atoms with van der Waals surface area (Å²) in [7, 11) is 0. The van der Waals surface area contributed by atoms with E-state index >= 15 is 0 Å². The van der Waals surface area contributed by atoms with Crippen molar-refractivity contribution in [1.29, 1.82) is 0 Å². The predicted molar refractivity (Wildman–Crippen MR) is 121 cm³/mol. The first-order valence-electron chi connectivity index (χ1n) is 10.9. The molecule has 0 radical (unpaired) electrons. The Kier molecular flexibility index (Phi) is 4.95. The summed E-state index contributed by atoms with van der Waals surface area (Å²) in [6.45, 7) is 6.50. The van der Waals surface area contributed by atoms with Crippen LogP contribution >= 0.6 is 0 Å². The van der Waals surface area contributed by atoms with Gasteiger partial charge in [0.05, 0.1) is 23.1 Å². The second-order valence-electron chi connectivity index (χ2n) is 9.29. The van der Waals surface area contributed by atoms with Crippen LogP contribution in [0.2, 0.25) is 0 Å². The molecule has 1 aliphatic rings. The first-order chi connectivity index (χ1) is 15.7. The number of amides is 1. The highest BCUT2D eigenvalue weighted by Gasteiger charge is 2.29. The van der Waals surface area contributed by atoms with Crippen molar-refractivity contribution in [3.8, 4) is 11.4 Å². The molecule has 1 amide bonds. The molecule has 10 heteroatoms. The molecule has 1 fully saturated rings. The number of hydrogen-bond donors (Lipinski definition) is 1. The van der Waals surface area contributed by atoms with Crippen molar-refractivity contribution in [2.75, 3.05) is 13.1 Å². The number of carbonyl (C=O) groups excluding carboxylic acids is 1. The second kappa shape index (κ2) is 7.72. The Morgan fingerprint density at radius 1 is 1.18 bits per heavy atom. The molecule has 4 aromatic heterocycles. The Labute approximate surface area is 188 Å². The fraction of sp³-hybridized carbons (Fsp3) is 0.391. The molecule has 9 nitrogen and oxygen atoms in total. The average molecular weight is 452 g/mol. The van der Waals surface area contributed by atoms with Gasteiger partial charge in [-0.15, -0.1) is 0 Å². The van der Waals surface area contributed by atoms with Gasteiger partial charge < -0.3 is 14.6 Å². The number of nitrogens with zero attached hydrogens (tertiary/aromatic N) is 5. The van der Waals surface area contributed by atoms with Crippen LogP contribution in [0, 0.1) is 5.82 Å². The molecule has 4 aromatic rings. The monoisotopic (exact) mass is 452 g/mol. The highest BCUT2D eigenvalue weighted by atomic mass is 19.1. The van der Waals surface area contributed by atoms with E-state index in [4.69, 9.17) is 9.72 Å². The molecule has 0 saturated carbocycles. The number of aromatic amines is 1. The van der Waals surface area contributed by atoms with E-state index in [-0.39, 0.29) is 23.6 Å². The van der Waals surface area contributed by atoms with Gasteiger partial charge in [-0.3, -0.25) is 8.97 Å². The van der Waals surface area contributed by atoms with Crippen LogP contribution in [-0.4, -0.2) is 53.6 Å². The lowest BCUT2D eigenvalue weighted by Crippen LogP contribution is -2.43. The Morgan fingerprint density at radius 2 is 1.94 bits per heavy atom. The predicted octanol–water partition coefficient (Wildman–Crippen LogP) is 3.75. The van der Waals surface area contributed by atoms with Crippen LogP contribution in [0.1, 0.15) is 39.7 Å². The highest BCUT2D eigenvalue weighted by molar-refractivity contribution is 5.75. The van der Waals surface area contributed by atoms with Gasteiger partial charge in [-0.05, 0) is 57.9 Å². The molecule has 1 aliphatic heterocycles. The van der Waals surface area contributed by atoms with E-state index in [9.17, 15) is 14.0 Å². The Bertz CT molecular complexity index is 1410. The number of fused-ring (bicyclic) bond motifs is 2. The number of halogens is 1. The number of aromatic nitrogens is 5. The molecule has 0 unspecified atom stereocenters. The standard InChI is InChI=1S/C23H25FN6O3/c1-23(2,3)33-22(32)28-10-8-15(9-11-28)30-20-17(27-21(30)31)6-5-16(26-20)18-12-25-19-7-4-14(24)13-29(18)19/h4-7,12-13,15H,8-11H2,1-3H3,(H,27,31). The van der Waals surface area contributed by atoms with Crippen LogP contribution in [-0.2, 0) is 4.74 Å². The van der Waals surface area contributed by atoms with Gasteiger partial charge in [0.15, 0.2) is 5.65 Å². The number of ether oxygens (including phenoxy) is 1. The number of pyridine rings is 2. The molecule has 172 valence electrons. The summed E-state index contributed by atoms with van der Waals surface area (Å²) in [5.74, 6) is -0.377. The molecule has 33 heavy (non-hydrogen) atoms. The van der Waals surface area contributed by atoms with Crippen molar-refractivity contribution >= 4 is 22.9 Å². The van der Waals surface area contributed by atoms with Crippen LogP contribution < -0.4 is 5.69 Å². The van der Waals surface area contributed by atoms with Crippen molar-refractivity contribution in [2.24, 2.45) is 0 Å². The SMILES string of the molecule is CC(C)(C)OC(=O)N1CCC(n2c(=O)[nH]c3ccc(-c4cnc5ccc(F)cn45)nc32)CC1. The van der Waals surface area contributed by atoms with E-state index in [0.29, 0.717) is 54.1 Å². The molecule has 5 heterocycles. The van der Waals surface area contributed by atoms with Crippen molar-refractivity contribution in [1.82, 2.24) is 28.8 Å². The average Bonchev–Trinajstić information content (AvgIpc) is 3.31. The van der Waals surface area contributed by atoms with E-state index in [2.05, 4.69) is 9.97 Å². The summed E-state index contributed by atoms with van der Waals surface area (Å²) >= 11 is 0. The van der Waals surface area contributed by atoms with Gasteiger partial charge in [-0.25, -0.2) is 23.9 Å². The van der Waals surface area contributed by atoms with Crippen LogP contribution in [0.4, 0.5) is 9.18 Å². The third kappa shape index (κ3) is 3.96. The number of nitrogens with one attached hydrogen (secondary N) is 1. The third-order valence-corrected chi connectivity index (χ3v) is 5.78. The number of rotatable bonds is 2. The van der Waals surface area contributed by atoms with Crippen LogP contribution in [0.3, 0.4) is 0 Å². The molecule has 0 aliphatic carbocycles. The lowest BCUT2D eigenvalue weighted by Gasteiger charge is -2.33. The number of likely N-dealkylation sites (tertiary alicyclic amines) is 1. The molecule has 0 atom stereocenters. The largest absolute Gasteiger partial charge is 0.444 e. The zero-order chi connectivity index (χ0) is 23.3. The maximum Gasteiger partial charge on any atom is 0.410 e. The summed E-state index contributed by atoms with van der Waals surface area (Å²) in [4.78, 5) is 38.8. The number of hydrogen-bond acceptors (Lipinski definition) is 5. The Hall–Kier alpha value is -3.69. The quantitative estimate of drug-likeness (QED) is 0.500. The molecule has 0 bridgehead atoms. The minimum atomic E-state index is -0.553. The number of carbonyl (C=O) groups is 1. The number of piperidine rings is 1. The summed E-state index contributed by atoms with van der Waals surface area (Å²) in [5, 5.41) is 0.